The monoisotopic (exact) mass is 739 g/mol. The molecule has 6 rings (SSSR count). The van der Waals surface area contributed by atoms with Gasteiger partial charge in [0.1, 0.15) is 0 Å². The number of urea groups is 1. The summed E-state index contributed by atoms with van der Waals surface area (Å²) in [5.41, 5.74) is 5.52. The largest absolute Gasteiger partial charge is 0.418 e. The van der Waals surface area contributed by atoms with Crippen molar-refractivity contribution in [3.8, 4) is 0 Å². The molecule has 4 amide bonds. The number of alkyl halides is 3. The number of piperazine rings is 1. The predicted octanol–water partition coefficient (Wildman–Crippen LogP) is 4.60. The Hall–Kier alpha value is -2.88. The third-order valence-electron chi connectivity index (χ3n) is 10.0. The Morgan fingerprint density at radius 1 is 1.00 bits per heavy atom. The molecular weight excluding hydrogens is 699 g/mol. The number of benzene rings is 1. The van der Waals surface area contributed by atoms with E-state index in [0.29, 0.717) is 57.2 Å². The number of rotatable bonds is 7. The minimum absolute atomic E-state index is 0.0177. The van der Waals surface area contributed by atoms with Gasteiger partial charge in [-0.05, 0) is 90.3 Å². The van der Waals surface area contributed by atoms with Crippen molar-refractivity contribution in [2.24, 2.45) is 5.92 Å². The Morgan fingerprint density at radius 3 is 2.38 bits per heavy atom. The summed E-state index contributed by atoms with van der Waals surface area (Å²) in [6.45, 7) is 5.85. The number of nitrogens with two attached hydrogens (primary N) is 1. The summed E-state index contributed by atoms with van der Waals surface area (Å²) in [5, 5.41) is 8.28. The van der Waals surface area contributed by atoms with Crippen LogP contribution in [0.5, 0.6) is 0 Å². The number of piperidine rings is 2. The number of hydrogen-bond donors (Lipinski definition) is 3. The van der Waals surface area contributed by atoms with E-state index < -0.39 is 23.3 Å². The molecule has 0 unspecified atom stereocenters. The lowest BCUT2D eigenvalue weighted by atomic mass is 9.91. The molecule has 47 heavy (non-hydrogen) atoms. The molecule has 5 heterocycles. The van der Waals surface area contributed by atoms with Crippen LogP contribution in [0.2, 0.25) is 0 Å². The van der Waals surface area contributed by atoms with Crippen molar-refractivity contribution in [2.75, 3.05) is 63.4 Å². The maximum absolute atomic E-state index is 14.0. The zero-order valence-electron chi connectivity index (χ0n) is 26.2. The number of nitrogens with one attached hydrogen (secondary N) is 2. The van der Waals surface area contributed by atoms with Crippen molar-refractivity contribution in [1.29, 1.82) is 0 Å². The van der Waals surface area contributed by atoms with E-state index in [-0.39, 0.29) is 41.2 Å². The molecule has 15 heteroatoms. The minimum Gasteiger partial charge on any atom is -0.397 e. The molecule has 0 aliphatic carbocycles. The van der Waals surface area contributed by atoms with Gasteiger partial charge in [0.05, 0.1) is 29.4 Å². The van der Waals surface area contributed by atoms with E-state index in [9.17, 15) is 27.6 Å². The molecule has 3 fully saturated rings. The fourth-order valence-corrected chi connectivity index (χ4v) is 8.68. The second-order valence-electron chi connectivity index (χ2n) is 12.9. The average Bonchev–Trinajstić information content (AvgIpc) is 3.52. The van der Waals surface area contributed by atoms with Crippen LogP contribution in [-0.2, 0) is 28.7 Å². The summed E-state index contributed by atoms with van der Waals surface area (Å²) in [4.78, 5) is 49.3. The third-order valence-corrected chi connectivity index (χ3v) is 11.6. The first-order valence-electron chi connectivity index (χ1n) is 16.3. The van der Waals surface area contributed by atoms with Gasteiger partial charge in [0.25, 0.3) is 0 Å². The number of carbonyl (C=O) groups is 3. The molecule has 3 saturated heterocycles. The highest BCUT2D eigenvalue weighted by atomic mass is 79.9. The zero-order chi connectivity index (χ0) is 33.3. The molecule has 0 radical (unpaired) electrons. The summed E-state index contributed by atoms with van der Waals surface area (Å²) >= 11 is 4.76. The van der Waals surface area contributed by atoms with E-state index in [4.69, 9.17) is 5.73 Å². The SMILES string of the molecule is Nc1c(Br)cc(C[C@@H](CC(=O)N2CCC(N3Cc4sccc4NC3=O)CC2)C(=O)N2CCN(C3CCNCC3)CC2)cc1C(F)(F)F. The highest BCUT2D eigenvalue weighted by molar-refractivity contribution is 9.10. The summed E-state index contributed by atoms with van der Waals surface area (Å²) in [6, 6.07) is 4.72. The number of nitrogen functional groups attached to an aromatic ring is 1. The fraction of sp³-hybridized carbons (Fsp3) is 0.594. The predicted molar refractivity (Wildman–Crippen MR) is 178 cm³/mol. The first-order chi connectivity index (χ1) is 22.5. The van der Waals surface area contributed by atoms with Gasteiger partial charge in [-0.1, -0.05) is 0 Å². The lowest BCUT2D eigenvalue weighted by Gasteiger charge is -2.42. The van der Waals surface area contributed by atoms with E-state index in [0.717, 1.165) is 55.7 Å². The minimum atomic E-state index is -4.66. The molecule has 10 nitrogen and oxygen atoms in total. The molecule has 1 atom stereocenters. The molecule has 4 aliphatic heterocycles. The Labute approximate surface area is 284 Å². The number of carbonyl (C=O) groups excluding carboxylic acids is 3. The van der Waals surface area contributed by atoms with Crippen molar-refractivity contribution in [3.63, 3.8) is 0 Å². The van der Waals surface area contributed by atoms with Gasteiger partial charge in [-0.2, -0.15) is 13.2 Å². The molecule has 256 valence electrons. The number of hydrogen-bond acceptors (Lipinski definition) is 7. The van der Waals surface area contributed by atoms with E-state index in [2.05, 4.69) is 31.5 Å². The number of nitrogens with zero attached hydrogens (tertiary/aromatic N) is 4. The quantitative estimate of drug-likeness (QED) is 0.358. The van der Waals surface area contributed by atoms with Gasteiger partial charge >= 0.3 is 12.2 Å². The molecule has 0 spiro atoms. The molecule has 0 saturated carbocycles. The van der Waals surface area contributed by atoms with E-state index in [1.54, 1.807) is 21.1 Å². The Morgan fingerprint density at radius 2 is 1.70 bits per heavy atom. The first kappa shape index (κ1) is 34.0. The molecule has 4 N–H and O–H groups in total. The lowest BCUT2D eigenvalue weighted by Crippen LogP contribution is -2.55. The van der Waals surface area contributed by atoms with Gasteiger partial charge < -0.3 is 31.1 Å². The number of thiophene rings is 1. The van der Waals surface area contributed by atoms with Gasteiger partial charge in [-0.3, -0.25) is 14.5 Å². The van der Waals surface area contributed by atoms with Gasteiger partial charge in [0.15, 0.2) is 0 Å². The first-order valence-corrected chi connectivity index (χ1v) is 18.0. The van der Waals surface area contributed by atoms with Crippen LogP contribution >= 0.6 is 27.3 Å². The van der Waals surface area contributed by atoms with Crippen LogP contribution in [0.1, 0.15) is 48.1 Å². The number of halogens is 4. The van der Waals surface area contributed by atoms with E-state index in [1.165, 1.54) is 6.07 Å². The van der Waals surface area contributed by atoms with E-state index in [1.807, 2.05) is 16.3 Å². The maximum Gasteiger partial charge on any atom is 0.418 e. The zero-order valence-corrected chi connectivity index (χ0v) is 28.6. The molecule has 1 aromatic heterocycles. The lowest BCUT2D eigenvalue weighted by molar-refractivity contribution is -0.143. The number of fused-ring (bicyclic) bond motifs is 1. The highest BCUT2D eigenvalue weighted by Gasteiger charge is 2.38. The smallest absolute Gasteiger partial charge is 0.397 e. The topological polar surface area (TPSA) is 114 Å². The summed E-state index contributed by atoms with van der Waals surface area (Å²) < 4.78 is 41.5. The van der Waals surface area contributed by atoms with Gasteiger partial charge in [-0.25, -0.2) is 4.79 Å². The van der Waals surface area contributed by atoms with Crippen molar-refractivity contribution in [1.82, 2.24) is 24.9 Å². The Kier molecular flexibility index (Phi) is 10.4. The van der Waals surface area contributed by atoms with E-state index >= 15 is 0 Å². The van der Waals surface area contributed by atoms with Crippen molar-refractivity contribution in [2.45, 2.75) is 63.3 Å². The average molecular weight is 741 g/mol. The van der Waals surface area contributed by atoms with Crippen LogP contribution in [-0.4, -0.2) is 102 Å². The molecular formula is C32H41BrF3N7O3S. The molecule has 1 aromatic carbocycles. The third kappa shape index (κ3) is 7.73. The fourth-order valence-electron chi connectivity index (χ4n) is 7.34. The second-order valence-corrected chi connectivity index (χ2v) is 14.8. The van der Waals surface area contributed by atoms with Crippen molar-refractivity contribution < 1.29 is 27.6 Å². The van der Waals surface area contributed by atoms with Crippen LogP contribution < -0.4 is 16.4 Å². The summed E-state index contributed by atoms with van der Waals surface area (Å²) in [5.74, 6) is -1.24. The standard InChI is InChI=1S/C32H41BrF3N7O3S/c33-25-17-20(16-24(29(25)37)32(34,35)36)15-21(30(45)42-12-10-40(11-13-42)22-1-6-38-7-2-22)18-28(44)41-8-3-23(4-9-41)43-19-27-26(5-14-47-27)39-31(43)46/h5,14,16-17,21-23,38H,1-4,6-13,15,18-19,37H2,(H,39,46)/t21-/m0/s1. The van der Waals surface area contributed by atoms with Crippen LogP contribution in [0.25, 0.3) is 0 Å². The van der Waals surface area contributed by atoms with Gasteiger partial charge in [0, 0.05) is 67.1 Å². The van der Waals surface area contributed by atoms with Crippen LogP contribution in [0.15, 0.2) is 28.1 Å². The Balaban J connectivity index is 1.13. The second kappa shape index (κ2) is 14.3. The number of anilines is 2. The normalized spacial score (nSPS) is 21.0. The van der Waals surface area contributed by atoms with Crippen molar-refractivity contribution >= 4 is 56.5 Å². The summed E-state index contributed by atoms with van der Waals surface area (Å²) in [7, 11) is 0. The number of amides is 4. The van der Waals surface area contributed by atoms with Gasteiger partial charge in [0.2, 0.25) is 11.8 Å². The van der Waals surface area contributed by atoms with Crippen LogP contribution in [0, 0.1) is 5.92 Å². The highest BCUT2D eigenvalue weighted by Crippen LogP contribution is 2.39. The maximum atomic E-state index is 14.0. The van der Waals surface area contributed by atoms with Gasteiger partial charge in [-0.15, -0.1) is 11.3 Å². The molecule has 4 aliphatic rings. The number of likely N-dealkylation sites (tertiary alicyclic amines) is 1. The van der Waals surface area contributed by atoms with Crippen LogP contribution in [0.4, 0.5) is 29.3 Å². The van der Waals surface area contributed by atoms with Crippen molar-refractivity contribution in [3.05, 3.63) is 44.1 Å². The molecule has 2 aromatic rings. The summed E-state index contributed by atoms with van der Waals surface area (Å²) in [6.07, 6.45) is -1.45. The van der Waals surface area contributed by atoms with Crippen LogP contribution in [0.3, 0.4) is 0 Å². The Bertz CT molecular complexity index is 1470. The molecule has 0 bridgehead atoms.